The number of hydrogen-bond acceptors (Lipinski definition) is 6. The molecule has 2 amide bonds. The molecule has 0 bridgehead atoms. The third kappa shape index (κ3) is 6.24. The van der Waals surface area contributed by atoms with Crippen LogP contribution in [-0.4, -0.2) is 55.9 Å². The summed E-state index contributed by atoms with van der Waals surface area (Å²) >= 11 is 0. The fourth-order valence-electron chi connectivity index (χ4n) is 5.00. The van der Waals surface area contributed by atoms with Crippen LogP contribution in [0.5, 0.6) is 23.0 Å². The highest BCUT2D eigenvalue weighted by molar-refractivity contribution is 6.11. The van der Waals surface area contributed by atoms with Crippen LogP contribution in [0.3, 0.4) is 0 Å². The molecule has 4 rings (SSSR count). The van der Waals surface area contributed by atoms with Crippen molar-refractivity contribution in [3.05, 3.63) is 77.0 Å². The average Bonchev–Trinajstić information content (AvgIpc) is 3.35. The first-order valence-electron chi connectivity index (χ1n) is 13.5. The van der Waals surface area contributed by atoms with Gasteiger partial charge in [-0.3, -0.25) is 4.79 Å². The second kappa shape index (κ2) is 12.7. The lowest BCUT2D eigenvalue weighted by molar-refractivity contribution is 0.102. The van der Waals surface area contributed by atoms with Crippen molar-refractivity contribution in [1.82, 2.24) is 9.47 Å². The quantitative estimate of drug-likeness (QED) is 0.241. The van der Waals surface area contributed by atoms with Gasteiger partial charge in [0.15, 0.2) is 17.2 Å². The van der Waals surface area contributed by atoms with Crippen LogP contribution < -0.4 is 24.3 Å². The van der Waals surface area contributed by atoms with E-state index in [1.807, 2.05) is 32.2 Å². The van der Waals surface area contributed by atoms with Gasteiger partial charge in [0.2, 0.25) is 5.75 Å². The van der Waals surface area contributed by atoms with Gasteiger partial charge < -0.3 is 33.7 Å². The van der Waals surface area contributed by atoms with E-state index in [-0.39, 0.29) is 11.3 Å². The van der Waals surface area contributed by atoms with Gasteiger partial charge in [-0.2, -0.15) is 0 Å². The molecule has 1 N–H and O–H groups in total. The average molecular weight is 560 g/mol. The highest BCUT2D eigenvalue weighted by atomic mass is 16.6. The van der Waals surface area contributed by atoms with E-state index in [1.54, 1.807) is 23.1 Å². The summed E-state index contributed by atoms with van der Waals surface area (Å²) in [5, 5.41) is 3.72. The minimum absolute atomic E-state index is 0.249. The number of aryl methyl sites for hydroxylation is 2. The number of carbonyl (C=O) groups excluding carboxylic acids is 2. The molecule has 0 aliphatic carbocycles. The van der Waals surface area contributed by atoms with Crippen LogP contribution in [0, 0.1) is 13.8 Å². The van der Waals surface area contributed by atoms with E-state index in [9.17, 15) is 9.59 Å². The molecule has 0 unspecified atom stereocenters. The molecule has 3 aromatic carbocycles. The first kappa shape index (κ1) is 29.3. The van der Waals surface area contributed by atoms with Crippen molar-refractivity contribution < 1.29 is 28.5 Å². The number of rotatable bonds is 10. The lowest BCUT2D eigenvalue weighted by Crippen LogP contribution is -2.33. The molecule has 1 aromatic heterocycles. The highest BCUT2D eigenvalue weighted by Gasteiger charge is 2.22. The minimum Gasteiger partial charge on any atom is -0.493 e. The second-order valence-electron chi connectivity index (χ2n) is 9.72. The molecule has 0 atom stereocenters. The summed E-state index contributed by atoms with van der Waals surface area (Å²) in [6, 6.07) is 15.1. The predicted octanol–water partition coefficient (Wildman–Crippen LogP) is 6.43. The number of ether oxygens (including phenoxy) is 4. The molecule has 9 nitrogen and oxygen atoms in total. The zero-order valence-corrected chi connectivity index (χ0v) is 24.7. The maximum Gasteiger partial charge on any atom is 0.415 e. The molecule has 0 aliphatic rings. The van der Waals surface area contributed by atoms with Crippen LogP contribution in [0.25, 0.3) is 10.9 Å². The van der Waals surface area contributed by atoms with Crippen molar-refractivity contribution in [1.29, 1.82) is 0 Å². The Morgan fingerprint density at radius 1 is 0.829 bits per heavy atom. The van der Waals surface area contributed by atoms with Crippen LogP contribution in [0.4, 0.5) is 10.5 Å². The number of amides is 2. The van der Waals surface area contributed by atoms with Crippen molar-refractivity contribution in [3.63, 3.8) is 0 Å². The van der Waals surface area contributed by atoms with Gasteiger partial charge in [0, 0.05) is 36.8 Å². The van der Waals surface area contributed by atoms with Gasteiger partial charge in [0.05, 0.1) is 32.5 Å². The Kier molecular flexibility index (Phi) is 9.07. The summed E-state index contributed by atoms with van der Waals surface area (Å²) in [7, 11) is 4.48. The maximum atomic E-state index is 13.6. The van der Waals surface area contributed by atoms with Gasteiger partial charge in [-0.15, -0.1) is 0 Å². The minimum atomic E-state index is -0.493. The Morgan fingerprint density at radius 3 is 2.02 bits per heavy atom. The maximum absolute atomic E-state index is 13.6. The van der Waals surface area contributed by atoms with Crippen LogP contribution in [0.15, 0.2) is 54.7 Å². The van der Waals surface area contributed by atoms with Crippen LogP contribution in [0.1, 0.15) is 40.9 Å². The number of methoxy groups -OCH3 is 3. The van der Waals surface area contributed by atoms with E-state index in [4.69, 9.17) is 18.9 Å². The fourth-order valence-corrected chi connectivity index (χ4v) is 5.00. The first-order valence-corrected chi connectivity index (χ1v) is 13.5. The molecule has 1 heterocycles. The van der Waals surface area contributed by atoms with E-state index in [1.165, 1.54) is 38.0 Å². The smallest absolute Gasteiger partial charge is 0.415 e. The standard InChI is InChI=1S/C32H37N3O6/c1-8-34(9-2)32(37)41-26-11-10-25-24(12-13-35(25)19-22-15-20(3)14-21(4)16-22)29(26)33-31(36)23-17-27(38-5)30(40-7)28(18-23)39-6/h10-18H,8-9,19H2,1-7H3,(H,33,36). The monoisotopic (exact) mass is 559 g/mol. The molecule has 0 fully saturated rings. The van der Waals surface area contributed by atoms with Crippen molar-refractivity contribution in [2.45, 2.75) is 34.2 Å². The number of benzene rings is 3. The summed E-state index contributed by atoms with van der Waals surface area (Å²) in [6.45, 7) is 9.57. The number of aromatic nitrogens is 1. The molecular weight excluding hydrogens is 522 g/mol. The molecule has 0 radical (unpaired) electrons. The van der Waals surface area contributed by atoms with Crippen LogP contribution in [-0.2, 0) is 6.54 Å². The normalized spacial score (nSPS) is 10.8. The van der Waals surface area contributed by atoms with Crippen LogP contribution in [0.2, 0.25) is 0 Å². The molecule has 9 heteroatoms. The van der Waals surface area contributed by atoms with E-state index in [0.717, 1.165) is 10.9 Å². The highest BCUT2D eigenvalue weighted by Crippen LogP contribution is 2.39. The lowest BCUT2D eigenvalue weighted by Gasteiger charge is -2.20. The zero-order chi connectivity index (χ0) is 29.7. The van der Waals surface area contributed by atoms with Gasteiger partial charge >= 0.3 is 6.09 Å². The lowest BCUT2D eigenvalue weighted by atomic mass is 10.1. The van der Waals surface area contributed by atoms with Crippen molar-refractivity contribution >= 4 is 28.6 Å². The molecule has 0 saturated heterocycles. The van der Waals surface area contributed by atoms with Gasteiger partial charge in [0.1, 0.15) is 0 Å². The molecule has 0 spiro atoms. The predicted molar refractivity (Wildman–Crippen MR) is 160 cm³/mol. The van der Waals surface area contributed by atoms with E-state index < -0.39 is 12.0 Å². The Labute approximate surface area is 240 Å². The van der Waals surface area contributed by atoms with Gasteiger partial charge in [-0.1, -0.05) is 29.3 Å². The van der Waals surface area contributed by atoms with Crippen LogP contribution >= 0.6 is 0 Å². The molecule has 4 aromatic rings. The first-order chi connectivity index (χ1) is 19.7. The third-order valence-electron chi connectivity index (χ3n) is 6.93. The van der Waals surface area contributed by atoms with Crippen molar-refractivity contribution in [2.24, 2.45) is 0 Å². The Balaban J connectivity index is 1.78. The summed E-state index contributed by atoms with van der Waals surface area (Å²) in [4.78, 5) is 28.1. The molecule has 41 heavy (non-hydrogen) atoms. The number of nitrogens with one attached hydrogen (secondary N) is 1. The Morgan fingerprint density at radius 2 is 1.46 bits per heavy atom. The fraction of sp³-hybridized carbons (Fsp3) is 0.312. The number of hydrogen-bond donors (Lipinski definition) is 1. The van der Waals surface area contributed by atoms with E-state index >= 15 is 0 Å². The number of nitrogens with zero attached hydrogens (tertiary/aromatic N) is 2. The Hall–Kier alpha value is -4.66. The molecule has 0 saturated carbocycles. The van der Waals surface area contributed by atoms with Gasteiger partial charge in [0.25, 0.3) is 5.91 Å². The van der Waals surface area contributed by atoms with Gasteiger partial charge in [-0.25, -0.2) is 4.79 Å². The zero-order valence-electron chi connectivity index (χ0n) is 24.7. The Bertz CT molecular complexity index is 1530. The number of fused-ring (bicyclic) bond motifs is 1. The summed E-state index contributed by atoms with van der Waals surface area (Å²) in [5.74, 6) is 0.898. The molecule has 216 valence electrons. The topological polar surface area (TPSA) is 91.3 Å². The summed E-state index contributed by atoms with van der Waals surface area (Å²) in [5.41, 5.74) is 5.11. The number of carbonyl (C=O) groups is 2. The molecular formula is C32H37N3O6. The summed E-state index contributed by atoms with van der Waals surface area (Å²) in [6.07, 6.45) is 1.47. The summed E-state index contributed by atoms with van der Waals surface area (Å²) < 4.78 is 24.2. The van der Waals surface area contributed by atoms with Crippen molar-refractivity contribution in [3.8, 4) is 23.0 Å². The van der Waals surface area contributed by atoms with E-state index in [0.29, 0.717) is 42.6 Å². The SMILES string of the molecule is CCN(CC)C(=O)Oc1ccc2c(ccn2Cc2cc(C)cc(C)c2)c1NC(=O)c1cc(OC)c(OC)c(OC)c1. The van der Waals surface area contributed by atoms with E-state index in [2.05, 4.69) is 41.9 Å². The third-order valence-corrected chi connectivity index (χ3v) is 6.93. The second-order valence-corrected chi connectivity index (χ2v) is 9.72. The largest absolute Gasteiger partial charge is 0.493 e. The van der Waals surface area contributed by atoms with Gasteiger partial charge in [-0.05, 0) is 63.6 Å². The van der Waals surface area contributed by atoms with Crippen molar-refractivity contribution in [2.75, 3.05) is 39.7 Å². The number of anilines is 1. The molecule has 0 aliphatic heterocycles.